The van der Waals surface area contributed by atoms with Crippen molar-refractivity contribution in [3.63, 3.8) is 0 Å². The number of nitrogens with zero attached hydrogens (tertiary/aromatic N) is 3. The molecule has 4 N–H and O–H groups in total. The Morgan fingerprint density at radius 3 is 2.22 bits per heavy atom. The summed E-state index contributed by atoms with van der Waals surface area (Å²) in [4.78, 5) is 28.8. The summed E-state index contributed by atoms with van der Waals surface area (Å²) < 4.78 is 0. The molecule has 0 spiro atoms. The van der Waals surface area contributed by atoms with E-state index in [9.17, 15) is 9.59 Å². The molecule has 2 saturated heterocycles. The van der Waals surface area contributed by atoms with Gasteiger partial charge >= 0.3 is 6.09 Å². The number of piperazine rings is 1. The molecular weight excluding hydrogens is 346 g/mol. The standard InChI is InChI=1S/C19H29N5O3/c20-21-18(25)16-1-3-17(4-2-16)23-13-11-22(12-14-23)8-5-15-6-9-24(10-7-15)19(26)27/h1-4,15H,5-14,20H2,(H,21,25)(H,26,27). The van der Waals surface area contributed by atoms with E-state index in [1.807, 2.05) is 12.1 Å². The molecule has 2 amide bonds. The molecule has 0 saturated carbocycles. The molecule has 0 atom stereocenters. The van der Waals surface area contributed by atoms with Crippen LogP contribution in [0, 0.1) is 5.92 Å². The van der Waals surface area contributed by atoms with Crippen LogP contribution in [0.1, 0.15) is 29.6 Å². The molecule has 27 heavy (non-hydrogen) atoms. The van der Waals surface area contributed by atoms with Crippen LogP contribution in [0.5, 0.6) is 0 Å². The van der Waals surface area contributed by atoms with E-state index in [-0.39, 0.29) is 5.91 Å². The molecule has 2 aliphatic heterocycles. The lowest BCUT2D eigenvalue weighted by Crippen LogP contribution is -2.47. The summed E-state index contributed by atoms with van der Waals surface area (Å²) in [6.07, 6.45) is 2.32. The van der Waals surface area contributed by atoms with Crippen molar-refractivity contribution in [2.24, 2.45) is 11.8 Å². The van der Waals surface area contributed by atoms with Crippen LogP contribution in [-0.4, -0.2) is 72.7 Å². The van der Waals surface area contributed by atoms with Crippen molar-refractivity contribution >= 4 is 17.7 Å². The van der Waals surface area contributed by atoms with E-state index in [4.69, 9.17) is 10.9 Å². The van der Waals surface area contributed by atoms with Gasteiger partial charge in [-0.25, -0.2) is 10.6 Å². The van der Waals surface area contributed by atoms with E-state index in [0.29, 0.717) is 24.6 Å². The highest BCUT2D eigenvalue weighted by molar-refractivity contribution is 5.94. The first-order chi connectivity index (χ1) is 13.1. The number of anilines is 1. The minimum Gasteiger partial charge on any atom is -0.465 e. The molecule has 1 aromatic rings. The van der Waals surface area contributed by atoms with Gasteiger partial charge in [0, 0.05) is 50.5 Å². The molecule has 1 aromatic carbocycles. The zero-order valence-corrected chi connectivity index (χ0v) is 15.6. The first-order valence-corrected chi connectivity index (χ1v) is 9.63. The largest absolute Gasteiger partial charge is 0.465 e. The number of nitrogens with one attached hydrogen (secondary N) is 1. The fourth-order valence-corrected chi connectivity index (χ4v) is 3.91. The Labute approximate surface area is 159 Å². The molecule has 2 fully saturated rings. The number of piperidine rings is 1. The maximum atomic E-state index is 11.5. The van der Waals surface area contributed by atoms with Gasteiger partial charge in [0.25, 0.3) is 5.91 Å². The molecule has 0 bridgehead atoms. The quantitative estimate of drug-likeness (QED) is 0.406. The summed E-state index contributed by atoms with van der Waals surface area (Å²) >= 11 is 0. The Hall–Kier alpha value is -2.32. The highest BCUT2D eigenvalue weighted by Crippen LogP contribution is 2.22. The van der Waals surface area contributed by atoms with Crippen molar-refractivity contribution in [1.29, 1.82) is 0 Å². The predicted molar refractivity (Wildman–Crippen MR) is 104 cm³/mol. The number of carbonyl (C=O) groups is 2. The van der Waals surface area contributed by atoms with Gasteiger partial charge in [-0.1, -0.05) is 0 Å². The fraction of sp³-hybridized carbons (Fsp3) is 0.579. The van der Waals surface area contributed by atoms with E-state index in [1.54, 1.807) is 12.1 Å². The van der Waals surface area contributed by atoms with E-state index < -0.39 is 6.09 Å². The molecule has 8 heteroatoms. The highest BCUT2D eigenvalue weighted by atomic mass is 16.4. The summed E-state index contributed by atoms with van der Waals surface area (Å²) in [6, 6.07) is 7.54. The van der Waals surface area contributed by atoms with Gasteiger partial charge in [-0.2, -0.15) is 0 Å². The Bertz CT molecular complexity index is 635. The summed E-state index contributed by atoms with van der Waals surface area (Å²) in [7, 11) is 0. The Balaban J connectivity index is 1.39. The number of rotatable bonds is 5. The third-order valence-corrected chi connectivity index (χ3v) is 5.74. The van der Waals surface area contributed by atoms with Gasteiger partial charge in [-0.3, -0.25) is 15.1 Å². The summed E-state index contributed by atoms with van der Waals surface area (Å²) in [5.74, 6) is 5.52. The van der Waals surface area contributed by atoms with Gasteiger partial charge < -0.3 is 14.9 Å². The number of carboxylic acid groups (broad SMARTS) is 1. The Morgan fingerprint density at radius 2 is 1.67 bits per heavy atom. The van der Waals surface area contributed by atoms with Crippen molar-refractivity contribution in [1.82, 2.24) is 15.2 Å². The second-order valence-electron chi connectivity index (χ2n) is 7.35. The molecule has 8 nitrogen and oxygen atoms in total. The van der Waals surface area contributed by atoms with Gasteiger partial charge in [0.05, 0.1) is 0 Å². The van der Waals surface area contributed by atoms with Crippen molar-refractivity contribution in [2.75, 3.05) is 50.7 Å². The van der Waals surface area contributed by atoms with E-state index >= 15 is 0 Å². The van der Waals surface area contributed by atoms with Crippen LogP contribution in [0.25, 0.3) is 0 Å². The first-order valence-electron chi connectivity index (χ1n) is 9.63. The van der Waals surface area contributed by atoms with E-state index in [1.165, 1.54) is 4.90 Å². The van der Waals surface area contributed by atoms with Gasteiger partial charge in [0.1, 0.15) is 0 Å². The van der Waals surface area contributed by atoms with Gasteiger partial charge in [-0.05, 0) is 56.0 Å². The number of nitrogen functional groups attached to an aromatic ring is 1. The molecule has 148 valence electrons. The summed E-state index contributed by atoms with van der Waals surface area (Å²) in [6.45, 7) is 6.43. The Morgan fingerprint density at radius 1 is 1.04 bits per heavy atom. The SMILES string of the molecule is NNC(=O)c1ccc(N2CCN(CCC3CCN(C(=O)O)CC3)CC2)cc1. The minimum atomic E-state index is -0.790. The van der Waals surface area contributed by atoms with Gasteiger partial charge in [-0.15, -0.1) is 0 Å². The molecular formula is C19H29N5O3. The van der Waals surface area contributed by atoms with Crippen LogP contribution in [0.2, 0.25) is 0 Å². The average molecular weight is 375 g/mol. The maximum absolute atomic E-state index is 11.5. The van der Waals surface area contributed by atoms with Crippen molar-refractivity contribution < 1.29 is 14.7 Å². The second-order valence-corrected chi connectivity index (χ2v) is 7.35. The van der Waals surface area contributed by atoms with E-state index in [2.05, 4.69) is 15.2 Å². The number of hydrogen-bond acceptors (Lipinski definition) is 5. The van der Waals surface area contributed by atoms with Crippen LogP contribution >= 0.6 is 0 Å². The predicted octanol–water partition coefficient (Wildman–Crippen LogP) is 1.19. The Kier molecular flexibility index (Phi) is 6.52. The molecule has 3 rings (SSSR count). The zero-order valence-electron chi connectivity index (χ0n) is 15.6. The molecule has 2 heterocycles. The summed E-state index contributed by atoms with van der Waals surface area (Å²) in [5, 5.41) is 9.02. The zero-order chi connectivity index (χ0) is 19.2. The third-order valence-electron chi connectivity index (χ3n) is 5.74. The monoisotopic (exact) mass is 375 g/mol. The number of hydrogen-bond donors (Lipinski definition) is 3. The number of amides is 2. The topological polar surface area (TPSA) is 102 Å². The first kappa shape index (κ1) is 19.4. The number of hydrazine groups is 1. The minimum absolute atomic E-state index is 0.277. The highest BCUT2D eigenvalue weighted by Gasteiger charge is 2.23. The normalized spacial score (nSPS) is 19.1. The molecule has 0 radical (unpaired) electrons. The van der Waals surface area contributed by atoms with Crippen molar-refractivity contribution in [3.05, 3.63) is 29.8 Å². The van der Waals surface area contributed by atoms with Crippen LogP contribution < -0.4 is 16.2 Å². The number of likely N-dealkylation sites (tertiary alicyclic amines) is 1. The third kappa shape index (κ3) is 5.11. The number of benzene rings is 1. The fourth-order valence-electron chi connectivity index (χ4n) is 3.91. The smallest absolute Gasteiger partial charge is 0.407 e. The lowest BCUT2D eigenvalue weighted by molar-refractivity contribution is 0.0953. The van der Waals surface area contributed by atoms with Crippen molar-refractivity contribution in [2.45, 2.75) is 19.3 Å². The number of carbonyl (C=O) groups excluding carboxylic acids is 1. The summed E-state index contributed by atoms with van der Waals surface area (Å²) in [5.41, 5.74) is 3.84. The van der Waals surface area contributed by atoms with Crippen LogP contribution in [0.4, 0.5) is 10.5 Å². The molecule has 2 aliphatic rings. The van der Waals surface area contributed by atoms with Crippen molar-refractivity contribution in [3.8, 4) is 0 Å². The molecule has 0 aliphatic carbocycles. The average Bonchev–Trinajstić information content (AvgIpc) is 2.72. The number of nitrogens with two attached hydrogens (primary N) is 1. The maximum Gasteiger partial charge on any atom is 0.407 e. The van der Waals surface area contributed by atoms with Crippen LogP contribution in [-0.2, 0) is 0 Å². The van der Waals surface area contributed by atoms with Crippen LogP contribution in [0.15, 0.2) is 24.3 Å². The second kappa shape index (κ2) is 9.05. The lowest BCUT2D eigenvalue weighted by Gasteiger charge is -2.37. The molecule has 0 unspecified atom stereocenters. The lowest BCUT2D eigenvalue weighted by atomic mass is 9.93. The van der Waals surface area contributed by atoms with Gasteiger partial charge in [0.15, 0.2) is 0 Å². The van der Waals surface area contributed by atoms with Crippen LogP contribution in [0.3, 0.4) is 0 Å². The molecule has 0 aromatic heterocycles. The van der Waals surface area contributed by atoms with E-state index in [0.717, 1.165) is 57.7 Å². The van der Waals surface area contributed by atoms with Gasteiger partial charge in [0.2, 0.25) is 0 Å².